The molecular formula is C13H31NO3Si. The Hall–Kier alpha value is 0.0569. The van der Waals surface area contributed by atoms with Crippen molar-refractivity contribution in [1.29, 1.82) is 0 Å². The molecule has 0 aromatic heterocycles. The van der Waals surface area contributed by atoms with E-state index in [1.54, 1.807) is 0 Å². The number of hydrogen-bond acceptors (Lipinski definition) is 4. The molecule has 0 aliphatic carbocycles. The fourth-order valence-electron chi connectivity index (χ4n) is 2.43. The Balaban J connectivity index is 4.26. The molecule has 1 atom stereocenters. The predicted octanol–water partition coefficient (Wildman–Crippen LogP) is 2.08. The highest BCUT2D eigenvalue weighted by Gasteiger charge is 2.33. The van der Waals surface area contributed by atoms with Crippen LogP contribution in [-0.4, -0.2) is 58.0 Å². The van der Waals surface area contributed by atoms with Gasteiger partial charge < -0.3 is 18.9 Å². The average Bonchev–Trinajstić information content (AvgIpc) is 2.28. The number of nitrogens with zero attached hydrogens (tertiary/aromatic N) is 1. The fraction of sp³-hybridized carbons (Fsp3) is 1.00. The molecule has 0 spiro atoms. The van der Waals surface area contributed by atoms with Crippen molar-refractivity contribution in [1.82, 2.24) is 4.90 Å². The van der Waals surface area contributed by atoms with Gasteiger partial charge in [0, 0.05) is 26.3 Å². The highest BCUT2D eigenvalue weighted by Crippen LogP contribution is 2.20. The molecule has 0 saturated carbocycles. The predicted molar refractivity (Wildman–Crippen MR) is 78.0 cm³/mol. The van der Waals surface area contributed by atoms with Crippen molar-refractivity contribution in [2.75, 3.05) is 39.5 Å². The quantitative estimate of drug-likeness (QED) is 0.587. The van der Waals surface area contributed by atoms with Gasteiger partial charge in [-0.15, -0.1) is 0 Å². The van der Waals surface area contributed by atoms with Crippen LogP contribution in [-0.2, 0) is 8.85 Å². The molecule has 0 aliphatic rings. The molecular weight excluding hydrogens is 246 g/mol. The molecule has 0 heterocycles. The number of aliphatic hydroxyl groups is 1. The summed E-state index contributed by atoms with van der Waals surface area (Å²) in [6.07, 6.45) is 0. The summed E-state index contributed by atoms with van der Waals surface area (Å²) in [6.45, 7) is 15.0. The topological polar surface area (TPSA) is 41.9 Å². The Kier molecular flexibility index (Phi) is 9.95. The number of hydrogen-bond donors (Lipinski definition) is 1. The minimum Gasteiger partial charge on any atom is -0.395 e. The van der Waals surface area contributed by atoms with E-state index in [1.807, 2.05) is 13.8 Å². The van der Waals surface area contributed by atoms with E-state index in [4.69, 9.17) is 14.0 Å². The summed E-state index contributed by atoms with van der Waals surface area (Å²) in [5.41, 5.74) is 0. The van der Waals surface area contributed by atoms with Crippen LogP contribution in [0.4, 0.5) is 0 Å². The van der Waals surface area contributed by atoms with Crippen LogP contribution < -0.4 is 0 Å². The van der Waals surface area contributed by atoms with Crippen molar-refractivity contribution in [3.05, 3.63) is 0 Å². The SMILES string of the molecule is CCO[Si](C)(CC(C)CN(CC)CCO)OCC. The molecule has 1 N–H and O–H groups in total. The maximum absolute atomic E-state index is 9.00. The number of likely N-dealkylation sites (N-methyl/N-ethyl adjacent to an activating group) is 1. The zero-order valence-corrected chi connectivity index (χ0v) is 13.7. The van der Waals surface area contributed by atoms with Gasteiger partial charge in [0.1, 0.15) is 0 Å². The van der Waals surface area contributed by atoms with Gasteiger partial charge in [0.05, 0.1) is 6.61 Å². The Bertz CT molecular complexity index is 199. The van der Waals surface area contributed by atoms with Gasteiger partial charge in [-0.3, -0.25) is 0 Å². The first-order valence-corrected chi connectivity index (χ1v) is 9.64. The largest absolute Gasteiger partial charge is 0.395 e. The summed E-state index contributed by atoms with van der Waals surface area (Å²) >= 11 is 0. The first-order valence-electron chi connectivity index (χ1n) is 7.12. The van der Waals surface area contributed by atoms with E-state index in [9.17, 15) is 0 Å². The third kappa shape index (κ3) is 7.48. The van der Waals surface area contributed by atoms with Crippen LogP contribution in [0.25, 0.3) is 0 Å². The van der Waals surface area contributed by atoms with Crippen molar-refractivity contribution in [2.45, 2.75) is 40.3 Å². The lowest BCUT2D eigenvalue weighted by atomic mass is 10.2. The molecule has 0 aromatic rings. The van der Waals surface area contributed by atoms with E-state index >= 15 is 0 Å². The second kappa shape index (κ2) is 9.92. The van der Waals surface area contributed by atoms with Crippen LogP contribution in [0.5, 0.6) is 0 Å². The Morgan fingerprint density at radius 3 is 2.11 bits per heavy atom. The van der Waals surface area contributed by atoms with Crippen LogP contribution >= 0.6 is 0 Å². The van der Waals surface area contributed by atoms with Crippen molar-refractivity contribution >= 4 is 8.56 Å². The van der Waals surface area contributed by atoms with Crippen LogP contribution in [0.2, 0.25) is 12.6 Å². The molecule has 0 amide bonds. The van der Waals surface area contributed by atoms with E-state index in [1.165, 1.54) is 0 Å². The van der Waals surface area contributed by atoms with Gasteiger partial charge in [-0.2, -0.15) is 0 Å². The van der Waals surface area contributed by atoms with Gasteiger partial charge in [0.25, 0.3) is 0 Å². The molecule has 18 heavy (non-hydrogen) atoms. The van der Waals surface area contributed by atoms with E-state index in [0.29, 0.717) is 5.92 Å². The lowest BCUT2D eigenvalue weighted by Gasteiger charge is -2.31. The monoisotopic (exact) mass is 277 g/mol. The van der Waals surface area contributed by atoms with E-state index in [0.717, 1.165) is 38.9 Å². The van der Waals surface area contributed by atoms with Crippen LogP contribution in [0.1, 0.15) is 27.7 Å². The number of aliphatic hydroxyl groups excluding tert-OH is 1. The van der Waals surface area contributed by atoms with Gasteiger partial charge in [-0.25, -0.2) is 0 Å². The number of rotatable bonds is 11. The molecule has 5 heteroatoms. The second-order valence-electron chi connectivity index (χ2n) is 4.93. The molecule has 4 nitrogen and oxygen atoms in total. The third-order valence-electron chi connectivity index (χ3n) is 3.05. The Labute approximate surface area is 114 Å². The fourth-order valence-corrected chi connectivity index (χ4v) is 5.36. The zero-order valence-electron chi connectivity index (χ0n) is 12.7. The minimum absolute atomic E-state index is 0.228. The van der Waals surface area contributed by atoms with E-state index < -0.39 is 8.56 Å². The molecule has 0 fully saturated rings. The highest BCUT2D eigenvalue weighted by molar-refractivity contribution is 6.66. The van der Waals surface area contributed by atoms with Crippen molar-refractivity contribution in [2.24, 2.45) is 5.92 Å². The third-order valence-corrected chi connectivity index (χ3v) is 6.29. The summed E-state index contributed by atoms with van der Waals surface area (Å²) in [4.78, 5) is 2.28. The summed E-state index contributed by atoms with van der Waals surface area (Å²) in [5, 5.41) is 9.00. The van der Waals surface area contributed by atoms with Crippen molar-refractivity contribution in [3.63, 3.8) is 0 Å². The van der Waals surface area contributed by atoms with Crippen LogP contribution in [0.3, 0.4) is 0 Å². The van der Waals surface area contributed by atoms with Gasteiger partial charge in [-0.05, 0) is 38.9 Å². The van der Waals surface area contributed by atoms with Gasteiger partial charge >= 0.3 is 8.56 Å². The summed E-state index contributed by atoms with van der Waals surface area (Å²) in [7, 11) is -2.00. The molecule has 0 aromatic carbocycles. The van der Waals surface area contributed by atoms with E-state index in [2.05, 4.69) is 25.3 Å². The molecule has 0 rings (SSSR count). The summed E-state index contributed by atoms with van der Waals surface area (Å²) in [5.74, 6) is 0.534. The minimum atomic E-state index is -2.00. The van der Waals surface area contributed by atoms with Crippen LogP contribution in [0.15, 0.2) is 0 Å². The molecule has 1 unspecified atom stereocenters. The highest BCUT2D eigenvalue weighted by atomic mass is 28.4. The summed E-state index contributed by atoms with van der Waals surface area (Å²) in [6, 6.07) is 1.01. The molecule has 0 saturated heterocycles. The lowest BCUT2D eigenvalue weighted by molar-refractivity contribution is 0.167. The Morgan fingerprint density at radius 2 is 1.72 bits per heavy atom. The average molecular weight is 277 g/mol. The van der Waals surface area contributed by atoms with Crippen molar-refractivity contribution in [3.8, 4) is 0 Å². The van der Waals surface area contributed by atoms with Gasteiger partial charge in [0.15, 0.2) is 0 Å². The first kappa shape index (κ1) is 18.1. The second-order valence-corrected chi connectivity index (χ2v) is 8.18. The molecule has 0 bridgehead atoms. The maximum Gasteiger partial charge on any atom is 0.335 e. The molecule has 110 valence electrons. The smallest absolute Gasteiger partial charge is 0.335 e. The zero-order chi connectivity index (χ0) is 14.0. The normalized spacial score (nSPS) is 14.2. The van der Waals surface area contributed by atoms with Gasteiger partial charge in [0.2, 0.25) is 0 Å². The molecule has 0 aliphatic heterocycles. The van der Waals surface area contributed by atoms with E-state index in [-0.39, 0.29) is 6.61 Å². The Morgan fingerprint density at radius 1 is 1.17 bits per heavy atom. The lowest BCUT2D eigenvalue weighted by Crippen LogP contribution is -2.42. The molecule has 0 radical (unpaired) electrons. The summed E-state index contributed by atoms with van der Waals surface area (Å²) < 4.78 is 11.7. The van der Waals surface area contributed by atoms with Crippen molar-refractivity contribution < 1.29 is 14.0 Å². The standard InChI is InChI=1S/C13H31NO3Si/c1-6-14(9-10-15)11-13(4)12-18(5,16-7-2)17-8-3/h13,15H,6-12H2,1-5H3. The first-order chi connectivity index (χ1) is 8.51. The van der Waals surface area contributed by atoms with Crippen LogP contribution in [0, 0.1) is 5.92 Å². The maximum atomic E-state index is 9.00. The van der Waals surface area contributed by atoms with Gasteiger partial charge in [-0.1, -0.05) is 13.8 Å².